The van der Waals surface area contributed by atoms with Gasteiger partial charge in [-0.1, -0.05) is 31.4 Å². The predicted octanol–water partition coefficient (Wildman–Crippen LogP) is 3.10. The van der Waals surface area contributed by atoms with E-state index in [4.69, 9.17) is 4.74 Å². The summed E-state index contributed by atoms with van der Waals surface area (Å²) in [6, 6.07) is 8.40. The summed E-state index contributed by atoms with van der Waals surface area (Å²) in [5.74, 6) is -0.0987. The lowest BCUT2D eigenvalue weighted by atomic mass is 9.82. The number of carbonyl (C=O) groups excluding carboxylic acids is 1. The van der Waals surface area contributed by atoms with Crippen LogP contribution in [0, 0.1) is 0 Å². The summed E-state index contributed by atoms with van der Waals surface area (Å²) < 4.78 is 5.41. The van der Waals surface area contributed by atoms with Crippen molar-refractivity contribution in [3.63, 3.8) is 0 Å². The molecule has 0 spiro atoms. The van der Waals surface area contributed by atoms with E-state index < -0.39 is 5.60 Å². The smallest absolute Gasteiger partial charge is 0.227 e. The Bertz CT molecular complexity index is 561. The average molecular weight is 346 g/mol. The lowest BCUT2D eigenvalue weighted by Gasteiger charge is -2.32. The monoisotopic (exact) mass is 346 g/mol. The highest BCUT2D eigenvalue weighted by atomic mass is 16.5. The van der Waals surface area contributed by atoms with Gasteiger partial charge >= 0.3 is 0 Å². The molecule has 1 aliphatic heterocycles. The van der Waals surface area contributed by atoms with Gasteiger partial charge in [0.05, 0.1) is 25.2 Å². The standard InChI is InChI=1S/C20H30N2O3/c1-16(22-11-13-25-14-12-22)17-5-7-18(8-6-17)21-19(23)15-20(24)9-3-2-4-10-20/h5-8,16,24H,2-4,9-15H2,1H3,(H,21,23). The topological polar surface area (TPSA) is 61.8 Å². The summed E-state index contributed by atoms with van der Waals surface area (Å²) in [7, 11) is 0. The molecule has 25 heavy (non-hydrogen) atoms. The van der Waals surface area contributed by atoms with Crippen LogP contribution >= 0.6 is 0 Å². The largest absolute Gasteiger partial charge is 0.389 e. The fourth-order valence-corrected chi connectivity index (χ4v) is 3.91. The molecule has 2 aliphatic rings. The van der Waals surface area contributed by atoms with Crippen LogP contribution in [0.15, 0.2) is 24.3 Å². The summed E-state index contributed by atoms with van der Waals surface area (Å²) in [6.07, 6.45) is 4.84. The van der Waals surface area contributed by atoms with Gasteiger partial charge in [-0.05, 0) is 37.5 Å². The molecule has 2 fully saturated rings. The van der Waals surface area contributed by atoms with E-state index in [9.17, 15) is 9.90 Å². The average Bonchev–Trinajstić information content (AvgIpc) is 2.62. The highest BCUT2D eigenvalue weighted by molar-refractivity contribution is 5.91. The summed E-state index contributed by atoms with van der Waals surface area (Å²) in [4.78, 5) is 14.7. The molecule has 1 saturated carbocycles. The van der Waals surface area contributed by atoms with Gasteiger partial charge in [0, 0.05) is 24.8 Å². The first-order valence-electron chi connectivity index (χ1n) is 9.50. The molecule has 1 unspecified atom stereocenters. The van der Waals surface area contributed by atoms with Crippen LogP contribution in [0.5, 0.6) is 0 Å². The minimum Gasteiger partial charge on any atom is -0.389 e. The minimum atomic E-state index is -0.812. The molecular formula is C20H30N2O3. The van der Waals surface area contributed by atoms with E-state index in [1.165, 1.54) is 5.56 Å². The third-order valence-electron chi connectivity index (χ3n) is 5.54. The van der Waals surface area contributed by atoms with Crippen molar-refractivity contribution >= 4 is 11.6 Å². The second kappa shape index (κ2) is 8.30. The van der Waals surface area contributed by atoms with Crippen LogP contribution in [0.4, 0.5) is 5.69 Å². The van der Waals surface area contributed by atoms with Crippen molar-refractivity contribution < 1.29 is 14.6 Å². The van der Waals surface area contributed by atoms with E-state index >= 15 is 0 Å². The Labute approximate surface area is 150 Å². The van der Waals surface area contributed by atoms with Gasteiger partial charge in [0.15, 0.2) is 0 Å². The summed E-state index contributed by atoms with van der Waals surface area (Å²) in [5, 5.41) is 13.4. The summed E-state index contributed by atoms with van der Waals surface area (Å²) >= 11 is 0. The number of ether oxygens (including phenoxy) is 1. The maximum atomic E-state index is 12.3. The highest BCUT2D eigenvalue weighted by Gasteiger charge is 2.31. The number of carbonyl (C=O) groups is 1. The van der Waals surface area contributed by atoms with Crippen molar-refractivity contribution in [1.82, 2.24) is 4.90 Å². The van der Waals surface area contributed by atoms with Crippen LogP contribution in [0.1, 0.15) is 57.1 Å². The van der Waals surface area contributed by atoms with Crippen molar-refractivity contribution in [2.45, 2.75) is 57.1 Å². The lowest BCUT2D eigenvalue weighted by molar-refractivity contribution is -0.122. The first-order chi connectivity index (χ1) is 12.1. The number of hydrogen-bond donors (Lipinski definition) is 2. The van der Waals surface area contributed by atoms with Gasteiger partial charge in [0.1, 0.15) is 0 Å². The number of aliphatic hydroxyl groups is 1. The molecule has 0 radical (unpaired) electrons. The van der Waals surface area contributed by atoms with Crippen LogP contribution in [0.25, 0.3) is 0 Å². The Morgan fingerprint density at radius 2 is 1.84 bits per heavy atom. The van der Waals surface area contributed by atoms with Crippen molar-refractivity contribution in [3.8, 4) is 0 Å². The van der Waals surface area contributed by atoms with E-state index in [2.05, 4.69) is 29.3 Å². The van der Waals surface area contributed by atoms with Gasteiger partial charge in [-0.25, -0.2) is 0 Å². The summed E-state index contributed by atoms with van der Waals surface area (Å²) in [6.45, 7) is 5.71. The van der Waals surface area contributed by atoms with Crippen LogP contribution in [-0.4, -0.2) is 47.8 Å². The van der Waals surface area contributed by atoms with Gasteiger partial charge in [0.25, 0.3) is 0 Å². The third kappa shape index (κ3) is 5.03. The number of hydrogen-bond acceptors (Lipinski definition) is 4. The Morgan fingerprint density at radius 3 is 2.48 bits per heavy atom. The van der Waals surface area contributed by atoms with Crippen molar-refractivity contribution in [1.29, 1.82) is 0 Å². The van der Waals surface area contributed by atoms with Gasteiger partial charge in [-0.2, -0.15) is 0 Å². The van der Waals surface area contributed by atoms with Gasteiger partial charge in [-0.15, -0.1) is 0 Å². The Morgan fingerprint density at radius 1 is 1.20 bits per heavy atom. The normalized spacial score (nSPS) is 22.3. The molecule has 0 aromatic heterocycles. The van der Waals surface area contributed by atoms with E-state index in [0.29, 0.717) is 6.04 Å². The Balaban J connectivity index is 1.54. The first-order valence-corrected chi connectivity index (χ1v) is 9.50. The van der Waals surface area contributed by atoms with Crippen molar-refractivity contribution in [3.05, 3.63) is 29.8 Å². The minimum absolute atomic E-state index is 0.0987. The van der Waals surface area contributed by atoms with Gasteiger partial charge in [-0.3, -0.25) is 9.69 Å². The van der Waals surface area contributed by atoms with Gasteiger partial charge < -0.3 is 15.2 Å². The molecule has 2 N–H and O–H groups in total. The Kier molecular flexibility index (Phi) is 6.10. The van der Waals surface area contributed by atoms with E-state index in [-0.39, 0.29) is 12.3 Å². The number of nitrogens with zero attached hydrogens (tertiary/aromatic N) is 1. The number of anilines is 1. The number of rotatable bonds is 5. The summed E-state index contributed by atoms with van der Waals surface area (Å²) in [5.41, 5.74) is 1.22. The molecule has 1 aliphatic carbocycles. The number of nitrogens with one attached hydrogen (secondary N) is 1. The Hall–Kier alpha value is -1.43. The maximum Gasteiger partial charge on any atom is 0.227 e. The molecule has 138 valence electrons. The zero-order valence-electron chi connectivity index (χ0n) is 15.2. The fourth-order valence-electron chi connectivity index (χ4n) is 3.91. The number of morpholine rings is 1. The lowest BCUT2D eigenvalue weighted by Crippen LogP contribution is -2.38. The maximum absolute atomic E-state index is 12.3. The second-order valence-electron chi connectivity index (χ2n) is 7.46. The third-order valence-corrected chi connectivity index (χ3v) is 5.54. The van der Waals surface area contributed by atoms with Crippen LogP contribution in [0.3, 0.4) is 0 Å². The zero-order chi connectivity index (χ0) is 17.7. The van der Waals surface area contributed by atoms with Crippen molar-refractivity contribution in [2.24, 2.45) is 0 Å². The van der Waals surface area contributed by atoms with Crippen molar-refractivity contribution in [2.75, 3.05) is 31.6 Å². The van der Waals surface area contributed by atoms with E-state index in [0.717, 1.165) is 64.1 Å². The molecule has 1 aromatic carbocycles. The molecule has 1 heterocycles. The van der Waals surface area contributed by atoms with Crippen LogP contribution < -0.4 is 5.32 Å². The van der Waals surface area contributed by atoms with E-state index in [1.807, 2.05) is 12.1 Å². The van der Waals surface area contributed by atoms with Crippen LogP contribution in [-0.2, 0) is 9.53 Å². The molecule has 1 saturated heterocycles. The quantitative estimate of drug-likeness (QED) is 0.860. The molecule has 1 amide bonds. The number of amides is 1. The second-order valence-corrected chi connectivity index (χ2v) is 7.46. The molecule has 1 aromatic rings. The molecule has 5 heteroatoms. The van der Waals surface area contributed by atoms with Crippen LogP contribution in [0.2, 0.25) is 0 Å². The van der Waals surface area contributed by atoms with E-state index in [1.54, 1.807) is 0 Å². The zero-order valence-corrected chi connectivity index (χ0v) is 15.2. The highest BCUT2D eigenvalue weighted by Crippen LogP contribution is 2.31. The van der Waals surface area contributed by atoms with Gasteiger partial charge in [0.2, 0.25) is 5.91 Å². The fraction of sp³-hybridized carbons (Fsp3) is 0.650. The molecule has 5 nitrogen and oxygen atoms in total. The SMILES string of the molecule is CC(c1ccc(NC(=O)CC2(O)CCCCC2)cc1)N1CCOCC1. The molecule has 3 rings (SSSR count). The number of benzene rings is 1. The first kappa shape index (κ1) is 18.4. The predicted molar refractivity (Wildman–Crippen MR) is 98.5 cm³/mol. The molecular weight excluding hydrogens is 316 g/mol. The molecule has 1 atom stereocenters. The molecule has 0 bridgehead atoms.